The molecule has 0 bridgehead atoms. The molecule has 98 valence electrons. The van der Waals surface area contributed by atoms with Crippen LogP contribution in [0.5, 0.6) is 0 Å². The van der Waals surface area contributed by atoms with Crippen molar-refractivity contribution < 1.29 is 0 Å². The molecule has 1 N–H and O–H groups in total. The normalized spacial score (nSPS) is 17.2. The summed E-state index contributed by atoms with van der Waals surface area (Å²) in [6.07, 6.45) is 2.15. The van der Waals surface area contributed by atoms with Gasteiger partial charge in [0, 0.05) is 19.0 Å². The third-order valence-corrected chi connectivity index (χ3v) is 3.20. The number of rotatable bonds is 2. The van der Waals surface area contributed by atoms with Gasteiger partial charge in [-0.15, -0.1) is 12.4 Å². The highest BCUT2D eigenvalue weighted by atomic mass is 35.5. The summed E-state index contributed by atoms with van der Waals surface area (Å²) in [5, 5.41) is 7.73. The van der Waals surface area contributed by atoms with Crippen molar-refractivity contribution in [3.8, 4) is 0 Å². The van der Waals surface area contributed by atoms with Crippen molar-refractivity contribution in [2.24, 2.45) is 7.05 Å². The molecule has 0 unspecified atom stereocenters. The molecule has 0 aliphatic carbocycles. The maximum absolute atomic E-state index is 11.9. The molecule has 2 heterocycles. The molecule has 1 saturated heterocycles. The number of aromatic nitrogens is 3. The first-order valence-electron chi connectivity index (χ1n) is 5.97. The Morgan fingerprint density at radius 2 is 1.94 bits per heavy atom. The molecular formula is C11H21ClN4O. The molecule has 2 rings (SSSR count). The summed E-state index contributed by atoms with van der Waals surface area (Å²) in [4.78, 5) is 11.9. The molecule has 1 aliphatic rings. The van der Waals surface area contributed by atoms with Crippen molar-refractivity contribution in [3.63, 3.8) is 0 Å². The first kappa shape index (κ1) is 14.3. The summed E-state index contributed by atoms with van der Waals surface area (Å²) in [5.41, 5.74) is 0.00327. The van der Waals surface area contributed by atoms with E-state index in [0.717, 1.165) is 31.8 Å². The van der Waals surface area contributed by atoms with Gasteiger partial charge in [0.2, 0.25) is 0 Å². The van der Waals surface area contributed by atoms with Crippen LogP contribution in [0, 0.1) is 0 Å². The van der Waals surface area contributed by atoms with Crippen molar-refractivity contribution in [1.29, 1.82) is 0 Å². The van der Waals surface area contributed by atoms with Crippen molar-refractivity contribution in [1.82, 2.24) is 19.7 Å². The van der Waals surface area contributed by atoms with Gasteiger partial charge in [0.25, 0.3) is 0 Å². The lowest BCUT2D eigenvalue weighted by molar-refractivity contribution is 0.417. The van der Waals surface area contributed by atoms with E-state index in [2.05, 4.69) is 10.4 Å². The molecule has 1 aromatic rings. The molecule has 17 heavy (non-hydrogen) atoms. The van der Waals surface area contributed by atoms with Crippen LogP contribution in [0.25, 0.3) is 0 Å². The average Bonchev–Trinajstić information content (AvgIpc) is 2.57. The Bertz CT molecular complexity index is 418. The maximum atomic E-state index is 11.9. The Kier molecular flexibility index (Phi) is 4.77. The van der Waals surface area contributed by atoms with Crippen molar-refractivity contribution in [3.05, 3.63) is 16.3 Å². The number of aryl methyl sites for hydroxylation is 1. The zero-order valence-electron chi connectivity index (χ0n) is 10.6. The average molecular weight is 261 g/mol. The Hall–Kier alpha value is -0.810. The van der Waals surface area contributed by atoms with Crippen LogP contribution in [0.3, 0.4) is 0 Å². The molecule has 6 heteroatoms. The van der Waals surface area contributed by atoms with Crippen LogP contribution in [-0.4, -0.2) is 27.4 Å². The minimum absolute atomic E-state index is 0. The van der Waals surface area contributed by atoms with Crippen LogP contribution in [0.2, 0.25) is 0 Å². The summed E-state index contributed by atoms with van der Waals surface area (Å²) in [5.74, 6) is 1.39. The van der Waals surface area contributed by atoms with E-state index < -0.39 is 0 Å². The third kappa shape index (κ3) is 2.72. The van der Waals surface area contributed by atoms with Crippen molar-refractivity contribution >= 4 is 12.4 Å². The summed E-state index contributed by atoms with van der Waals surface area (Å²) in [6, 6.07) is 0.186. The van der Waals surface area contributed by atoms with Gasteiger partial charge in [-0.05, 0) is 39.8 Å². The molecule has 1 aliphatic heterocycles. The molecule has 1 fully saturated rings. The highest BCUT2D eigenvalue weighted by molar-refractivity contribution is 5.85. The van der Waals surface area contributed by atoms with Gasteiger partial charge < -0.3 is 5.32 Å². The number of hydrogen-bond donors (Lipinski definition) is 1. The fraction of sp³-hybridized carbons (Fsp3) is 0.818. The van der Waals surface area contributed by atoms with E-state index in [-0.39, 0.29) is 24.1 Å². The van der Waals surface area contributed by atoms with Gasteiger partial charge in [0.15, 0.2) is 0 Å². The van der Waals surface area contributed by atoms with Crippen molar-refractivity contribution in [2.45, 2.75) is 38.6 Å². The highest BCUT2D eigenvalue weighted by Crippen LogP contribution is 2.24. The van der Waals surface area contributed by atoms with Gasteiger partial charge in [-0.2, -0.15) is 5.10 Å². The van der Waals surface area contributed by atoms with Gasteiger partial charge in [-0.3, -0.25) is 4.57 Å². The molecule has 0 atom stereocenters. The van der Waals surface area contributed by atoms with Crippen LogP contribution >= 0.6 is 12.4 Å². The van der Waals surface area contributed by atoms with E-state index in [0.29, 0.717) is 5.92 Å². The van der Waals surface area contributed by atoms with Crippen molar-refractivity contribution in [2.75, 3.05) is 13.1 Å². The largest absolute Gasteiger partial charge is 0.345 e. The summed E-state index contributed by atoms with van der Waals surface area (Å²) >= 11 is 0. The Morgan fingerprint density at radius 1 is 1.35 bits per heavy atom. The fourth-order valence-corrected chi connectivity index (χ4v) is 2.34. The second kappa shape index (κ2) is 5.69. The van der Waals surface area contributed by atoms with Gasteiger partial charge >= 0.3 is 5.69 Å². The molecule has 1 aromatic heterocycles. The lowest BCUT2D eigenvalue weighted by Crippen LogP contribution is -2.30. The van der Waals surface area contributed by atoms with Crippen LogP contribution in [0.4, 0.5) is 0 Å². The highest BCUT2D eigenvalue weighted by Gasteiger charge is 2.23. The van der Waals surface area contributed by atoms with Gasteiger partial charge in [-0.25, -0.2) is 9.48 Å². The van der Waals surface area contributed by atoms with Crippen LogP contribution in [0.1, 0.15) is 44.5 Å². The zero-order chi connectivity index (χ0) is 11.7. The van der Waals surface area contributed by atoms with E-state index in [1.54, 1.807) is 7.05 Å². The van der Waals surface area contributed by atoms with Gasteiger partial charge in [-0.1, -0.05) is 0 Å². The lowest BCUT2D eigenvalue weighted by Gasteiger charge is -2.23. The molecule has 0 radical (unpaired) electrons. The van der Waals surface area contributed by atoms with E-state index in [4.69, 9.17) is 0 Å². The molecule has 0 saturated carbocycles. The monoisotopic (exact) mass is 260 g/mol. The molecule has 0 spiro atoms. The van der Waals surface area contributed by atoms with Crippen LogP contribution in [0.15, 0.2) is 4.79 Å². The molecule has 0 aromatic carbocycles. The number of nitrogens with one attached hydrogen (secondary N) is 1. The van der Waals surface area contributed by atoms with E-state index in [1.165, 1.54) is 4.68 Å². The Labute approximate surface area is 108 Å². The maximum Gasteiger partial charge on any atom is 0.345 e. The summed E-state index contributed by atoms with van der Waals surface area (Å²) in [6.45, 7) is 6.11. The molecule has 5 nitrogen and oxygen atoms in total. The third-order valence-electron chi connectivity index (χ3n) is 3.20. The molecular weight excluding hydrogens is 240 g/mol. The van der Waals surface area contributed by atoms with Crippen LogP contribution < -0.4 is 11.0 Å². The van der Waals surface area contributed by atoms with Crippen LogP contribution in [-0.2, 0) is 7.05 Å². The predicted octanol–water partition coefficient (Wildman–Crippen LogP) is 1.05. The smallest absolute Gasteiger partial charge is 0.317 e. The number of halogens is 1. The SMILES string of the molecule is CC(C)n1c(C2CCNCC2)nn(C)c1=O.Cl. The molecule has 0 amide bonds. The first-order chi connectivity index (χ1) is 7.61. The van der Waals surface area contributed by atoms with E-state index in [1.807, 2.05) is 18.4 Å². The number of hydrogen-bond acceptors (Lipinski definition) is 3. The lowest BCUT2D eigenvalue weighted by atomic mass is 9.97. The fourth-order valence-electron chi connectivity index (χ4n) is 2.34. The minimum atomic E-state index is 0. The standard InChI is InChI=1S/C11H20N4O.ClH/c1-8(2)15-10(13-14(3)11(15)16)9-4-6-12-7-5-9;/h8-9,12H,4-7H2,1-3H3;1H. The van der Waals surface area contributed by atoms with E-state index in [9.17, 15) is 4.79 Å². The quantitative estimate of drug-likeness (QED) is 0.865. The summed E-state index contributed by atoms with van der Waals surface area (Å²) in [7, 11) is 1.73. The predicted molar refractivity (Wildman–Crippen MR) is 69.9 cm³/mol. The van der Waals surface area contributed by atoms with Gasteiger partial charge in [0.1, 0.15) is 5.82 Å². The van der Waals surface area contributed by atoms with Gasteiger partial charge in [0.05, 0.1) is 0 Å². The Morgan fingerprint density at radius 3 is 2.47 bits per heavy atom. The minimum Gasteiger partial charge on any atom is -0.317 e. The number of piperidine rings is 1. The number of nitrogens with zero attached hydrogens (tertiary/aromatic N) is 3. The first-order valence-corrected chi connectivity index (χ1v) is 5.97. The second-order valence-corrected chi connectivity index (χ2v) is 4.75. The summed E-state index contributed by atoms with van der Waals surface area (Å²) < 4.78 is 3.29. The zero-order valence-corrected chi connectivity index (χ0v) is 11.5. The second-order valence-electron chi connectivity index (χ2n) is 4.75. The topological polar surface area (TPSA) is 51.9 Å². The van der Waals surface area contributed by atoms with E-state index >= 15 is 0 Å². The Balaban J connectivity index is 0.00000144.